The average molecular weight is 646 g/mol. The van der Waals surface area contributed by atoms with E-state index in [1.165, 1.54) is 73.4 Å². The second-order valence-electron chi connectivity index (χ2n) is 12.3. The summed E-state index contributed by atoms with van der Waals surface area (Å²) in [7, 11) is 0. The molecule has 0 spiro atoms. The molecule has 1 aliphatic carbocycles. The Morgan fingerprint density at radius 3 is 1.83 bits per heavy atom. The molecule has 0 N–H and O–H groups in total. The summed E-state index contributed by atoms with van der Waals surface area (Å²) in [5.41, 5.74) is 7.98. The van der Waals surface area contributed by atoms with Crippen LogP contribution in [0, 0.1) is 0 Å². The molecule has 10 aromatic rings. The van der Waals surface area contributed by atoms with Crippen LogP contribution in [0.4, 0.5) is 0 Å². The van der Waals surface area contributed by atoms with Gasteiger partial charge in [0.15, 0.2) is 17.5 Å². The first-order chi connectivity index (χ1) is 23.8. The molecule has 0 saturated carbocycles. The molecule has 0 bridgehead atoms. The normalized spacial score (nSPS) is 12.2. The molecule has 0 atom stereocenters. The van der Waals surface area contributed by atoms with Crippen LogP contribution in [-0.2, 0) is 0 Å². The smallest absolute Gasteiger partial charge is 0.165 e. The van der Waals surface area contributed by atoms with E-state index in [0.29, 0.717) is 17.5 Å². The highest BCUT2D eigenvalue weighted by Crippen LogP contribution is 2.55. The van der Waals surface area contributed by atoms with Gasteiger partial charge in [0.1, 0.15) is 0 Å². The zero-order valence-corrected chi connectivity index (χ0v) is 27.1. The monoisotopic (exact) mass is 645 g/mol. The van der Waals surface area contributed by atoms with Crippen molar-refractivity contribution >= 4 is 73.8 Å². The molecule has 1 aliphatic rings. The van der Waals surface area contributed by atoms with Crippen molar-refractivity contribution in [1.29, 1.82) is 0 Å². The lowest BCUT2D eigenvalue weighted by molar-refractivity contribution is 1.08. The quantitative estimate of drug-likeness (QED) is 0.192. The molecule has 222 valence electrons. The van der Waals surface area contributed by atoms with Gasteiger partial charge < -0.3 is 0 Å². The van der Waals surface area contributed by atoms with Crippen LogP contribution in [0.5, 0.6) is 0 Å². The van der Waals surface area contributed by atoms with Gasteiger partial charge in [-0.15, -0.1) is 22.7 Å². The number of aromatic nitrogens is 3. The SMILES string of the molecule is c1ccc(-c2nc(-c3ccc4c(c3)sc3ccccc34)nc(-c3c4c(cc5sc6ccccc6c35)-c3cccc5cccc-4c35)n2)cc1. The van der Waals surface area contributed by atoms with Gasteiger partial charge in [-0.25, -0.2) is 15.0 Å². The molecule has 11 rings (SSSR count). The first kappa shape index (κ1) is 26.3. The van der Waals surface area contributed by atoms with Crippen molar-refractivity contribution in [2.75, 3.05) is 0 Å². The Morgan fingerprint density at radius 2 is 1.00 bits per heavy atom. The van der Waals surface area contributed by atoms with Gasteiger partial charge in [-0.3, -0.25) is 0 Å². The lowest BCUT2D eigenvalue weighted by atomic mass is 9.93. The summed E-state index contributed by atoms with van der Waals surface area (Å²) in [5, 5.41) is 7.52. The Morgan fingerprint density at radius 1 is 0.354 bits per heavy atom. The van der Waals surface area contributed by atoms with Crippen LogP contribution in [0.3, 0.4) is 0 Å². The van der Waals surface area contributed by atoms with Crippen LogP contribution in [0.25, 0.3) is 108 Å². The highest BCUT2D eigenvalue weighted by molar-refractivity contribution is 7.26. The van der Waals surface area contributed by atoms with Gasteiger partial charge >= 0.3 is 0 Å². The van der Waals surface area contributed by atoms with E-state index in [2.05, 4.69) is 121 Å². The predicted molar refractivity (Wildman–Crippen MR) is 204 cm³/mol. The zero-order valence-electron chi connectivity index (χ0n) is 25.4. The molecule has 48 heavy (non-hydrogen) atoms. The van der Waals surface area contributed by atoms with Gasteiger partial charge in [0, 0.05) is 62.6 Å². The molecular formula is C43H23N3S2. The molecule has 3 nitrogen and oxygen atoms in total. The van der Waals surface area contributed by atoms with Gasteiger partial charge in [0.2, 0.25) is 0 Å². The molecule has 3 heterocycles. The maximum Gasteiger partial charge on any atom is 0.165 e. The number of hydrogen-bond donors (Lipinski definition) is 0. The van der Waals surface area contributed by atoms with E-state index in [9.17, 15) is 0 Å². The molecule has 0 radical (unpaired) electrons. The maximum absolute atomic E-state index is 5.39. The maximum atomic E-state index is 5.39. The molecule has 0 aliphatic heterocycles. The van der Waals surface area contributed by atoms with E-state index in [0.717, 1.165) is 16.7 Å². The minimum atomic E-state index is 0.672. The van der Waals surface area contributed by atoms with Crippen molar-refractivity contribution in [3.05, 3.63) is 140 Å². The number of thiophene rings is 2. The van der Waals surface area contributed by atoms with Crippen molar-refractivity contribution in [2.24, 2.45) is 0 Å². The van der Waals surface area contributed by atoms with Gasteiger partial charge in [-0.1, -0.05) is 115 Å². The molecule has 0 unspecified atom stereocenters. The predicted octanol–water partition coefficient (Wildman–Crippen LogP) is 12.4. The van der Waals surface area contributed by atoms with Crippen LogP contribution in [-0.4, -0.2) is 15.0 Å². The second kappa shape index (κ2) is 9.88. The topological polar surface area (TPSA) is 38.7 Å². The lowest BCUT2D eigenvalue weighted by Gasteiger charge is -2.14. The Labute approximate surface area is 283 Å². The molecule has 7 aromatic carbocycles. The van der Waals surface area contributed by atoms with Crippen LogP contribution < -0.4 is 0 Å². The molecule has 0 fully saturated rings. The van der Waals surface area contributed by atoms with Crippen molar-refractivity contribution < 1.29 is 0 Å². The van der Waals surface area contributed by atoms with Crippen LogP contribution in [0.2, 0.25) is 0 Å². The van der Waals surface area contributed by atoms with Crippen LogP contribution >= 0.6 is 22.7 Å². The van der Waals surface area contributed by atoms with E-state index < -0.39 is 0 Å². The fourth-order valence-electron chi connectivity index (χ4n) is 7.57. The molecule has 0 amide bonds. The third-order valence-corrected chi connectivity index (χ3v) is 11.9. The van der Waals surface area contributed by atoms with Gasteiger partial charge in [0.05, 0.1) is 0 Å². The molecule has 0 saturated heterocycles. The van der Waals surface area contributed by atoms with Gasteiger partial charge in [0.25, 0.3) is 0 Å². The summed E-state index contributed by atoms with van der Waals surface area (Å²) in [6.07, 6.45) is 0. The van der Waals surface area contributed by atoms with Crippen molar-refractivity contribution in [1.82, 2.24) is 15.0 Å². The first-order valence-corrected chi connectivity index (χ1v) is 17.7. The third-order valence-electron chi connectivity index (χ3n) is 9.66. The number of nitrogens with zero attached hydrogens (tertiary/aromatic N) is 3. The highest BCUT2D eigenvalue weighted by atomic mass is 32.1. The van der Waals surface area contributed by atoms with Crippen molar-refractivity contribution in [3.8, 4) is 56.4 Å². The summed E-state index contributed by atoms with van der Waals surface area (Å²) in [6, 6.07) is 49.9. The van der Waals surface area contributed by atoms with Gasteiger partial charge in [-0.05, 0) is 51.7 Å². The van der Waals surface area contributed by atoms with Crippen molar-refractivity contribution in [3.63, 3.8) is 0 Å². The number of rotatable bonds is 3. The largest absolute Gasteiger partial charge is 0.208 e. The second-order valence-corrected chi connectivity index (χ2v) is 14.5. The van der Waals surface area contributed by atoms with E-state index in [1.807, 2.05) is 40.9 Å². The Bertz CT molecular complexity index is 2950. The fourth-order valence-corrected chi connectivity index (χ4v) is 9.87. The zero-order chi connectivity index (χ0) is 31.3. The lowest BCUT2D eigenvalue weighted by Crippen LogP contribution is -2.01. The fraction of sp³-hybridized carbons (Fsp3) is 0. The first-order valence-electron chi connectivity index (χ1n) is 16.0. The number of benzene rings is 7. The van der Waals surface area contributed by atoms with E-state index in [1.54, 1.807) is 0 Å². The minimum absolute atomic E-state index is 0.672. The number of fused-ring (bicyclic) bond motifs is 9. The van der Waals surface area contributed by atoms with E-state index >= 15 is 0 Å². The molecular weight excluding hydrogens is 623 g/mol. The summed E-state index contributed by atoms with van der Waals surface area (Å²) in [4.78, 5) is 15.9. The number of hydrogen-bond acceptors (Lipinski definition) is 5. The molecule has 3 aromatic heterocycles. The third kappa shape index (κ3) is 3.71. The van der Waals surface area contributed by atoms with Crippen LogP contribution in [0.1, 0.15) is 0 Å². The van der Waals surface area contributed by atoms with Crippen LogP contribution in [0.15, 0.2) is 140 Å². The standard InChI is InChI=1S/C43H23N3S2/c1-2-10-25(11-3-1)41-44-42(26-20-21-28-27-14-4-6-18-33(27)47-35(28)22-26)46-43(45-41)40-38-31-17-9-13-24-12-8-16-29(37(24)31)32(38)23-36-39(40)30-15-5-7-19-34(30)48-36/h1-23H. The van der Waals surface area contributed by atoms with E-state index in [4.69, 9.17) is 15.0 Å². The Kier molecular flexibility index (Phi) is 5.42. The summed E-state index contributed by atoms with van der Waals surface area (Å²) < 4.78 is 5.01. The molecule has 5 heteroatoms. The summed E-state index contributed by atoms with van der Waals surface area (Å²) in [6.45, 7) is 0. The van der Waals surface area contributed by atoms with E-state index in [-0.39, 0.29) is 0 Å². The Hall–Kier alpha value is -5.75. The highest BCUT2D eigenvalue weighted by Gasteiger charge is 2.29. The Balaban J connectivity index is 1.26. The van der Waals surface area contributed by atoms with Crippen molar-refractivity contribution in [2.45, 2.75) is 0 Å². The average Bonchev–Trinajstić information content (AvgIpc) is 3.81. The minimum Gasteiger partial charge on any atom is -0.208 e. The summed E-state index contributed by atoms with van der Waals surface area (Å²) >= 11 is 3.65. The van der Waals surface area contributed by atoms with Gasteiger partial charge in [-0.2, -0.15) is 0 Å². The summed E-state index contributed by atoms with van der Waals surface area (Å²) in [5.74, 6) is 2.05.